The molecule has 0 bridgehead atoms. The molecule has 4 N–H and O–H groups in total. The number of fused-ring (bicyclic) bond motifs is 3. The molecule has 0 aromatic carbocycles. The normalized spacial score (nSPS) is 9.65. The third-order valence-electron chi connectivity index (χ3n) is 4.01. The van der Waals surface area contributed by atoms with E-state index in [1.807, 2.05) is 18.2 Å². The quantitative estimate of drug-likeness (QED) is 0.581. The summed E-state index contributed by atoms with van der Waals surface area (Å²) in [4.78, 5) is 45.0. The lowest BCUT2D eigenvalue weighted by molar-refractivity contribution is 0.0988. The summed E-state index contributed by atoms with van der Waals surface area (Å²) in [6.07, 6.45) is 10.3. The molecule has 170 valence electrons. The van der Waals surface area contributed by atoms with Crippen molar-refractivity contribution in [2.45, 2.75) is 0 Å². The molecule has 0 fully saturated rings. The van der Waals surface area contributed by atoms with Gasteiger partial charge >= 0.3 is 0 Å². The van der Waals surface area contributed by atoms with E-state index in [4.69, 9.17) is 11.5 Å². The van der Waals surface area contributed by atoms with Crippen molar-refractivity contribution in [2.24, 2.45) is 11.5 Å². The van der Waals surface area contributed by atoms with Crippen molar-refractivity contribution in [3.63, 3.8) is 0 Å². The number of primary amides is 2. The summed E-state index contributed by atoms with van der Waals surface area (Å²) < 4.78 is 2.12. The number of aromatic nitrogens is 6. The Hall–Kier alpha value is -4.77. The van der Waals surface area contributed by atoms with Gasteiger partial charge in [-0.15, -0.1) is 0 Å². The molecule has 0 aliphatic heterocycles. The highest BCUT2D eigenvalue weighted by atomic mass is 32.1. The molecular formula is C23H20N8O2S. The van der Waals surface area contributed by atoms with E-state index in [-0.39, 0.29) is 11.3 Å². The van der Waals surface area contributed by atoms with Gasteiger partial charge in [0.25, 0.3) is 5.91 Å². The molecule has 0 saturated heterocycles. The number of pyridine rings is 1. The van der Waals surface area contributed by atoms with Gasteiger partial charge in [0.1, 0.15) is 12.0 Å². The minimum atomic E-state index is -0.704. The highest BCUT2D eigenvalue weighted by Gasteiger charge is 2.13. The molecule has 3 rings (SSSR count). The molecule has 34 heavy (non-hydrogen) atoms. The number of nitrogens with two attached hydrogens (primary N) is 2. The largest absolute Gasteiger partial charge is 0.366 e. The Bertz CT molecular complexity index is 1450. The first-order valence-electron chi connectivity index (χ1n) is 9.82. The minimum Gasteiger partial charge on any atom is -0.366 e. The van der Waals surface area contributed by atoms with E-state index in [1.165, 1.54) is 59.0 Å². The molecule has 11 heteroatoms. The van der Waals surface area contributed by atoms with Crippen molar-refractivity contribution in [2.75, 3.05) is 0 Å². The molecule has 0 saturated carbocycles. The number of hydrogen-bond acceptors (Lipinski definition) is 8. The topological polar surface area (TPSA) is 155 Å². The second-order valence-electron chi connectivity index (χ2n) is 6.33. The third kappa shape index (κ3) is 6.61. The van der Waals surface area contributed by atoms with Crippen LogP contribution in [-0.4, -0.2) is 41.1 Å². The van der Waals surface area contributed by atoms with E-state index in [0.717, 1.165) is 0 Å². The number of nitrogens with zero attached hydrogens (tertiary/aromatic N) is 6. The van der Waals surface area contributed by atoms with Crippen molar-refractivity contribution in [3.05, 3.63) is 109 Å². The molecule has 0 aliphatic rings. The first kappa shape index (κ1) is 23.9. The first-order valence-corrected chi connectivity index (χ1v) is 10.6. The average Bonchev–Trinajstić information content (AvgIpc) is 3.17. The van der Waals surface area contributed by atoms with Crippen molar-refractivity contribution in [1.82, 2.24) is 29.3 Å². The molecule has 0 radical (unpaired) electrons. The lowest BCUT2D eigenvalue weighted by Crippen LogP contribution is -2.15. The van der Waals surface area contributed by atoms with Crippen LogP contribution in [0.3, 0.4) is 0 Å². The summed E-state index contributed by atoms with van der Waals surface area (Å²) in [6.45, 7) is 0. The summed E-state index contributed by atoms with van der Waals surface area (Å²) in [5.41, 5.74) is 11.8. The van der Waals surface area contributed by atoms with E-state index >= 15 is 0 Å². The zero-order valence-corrected chi connectivity index (χ0v) is 18.6. The molecule has 10 nitrogen and oxygen atoms in total. The van der Waals surface area contributed by atoms with Gasteiger partial charge in [-0.25, -0.2) is 19.9 Å². The van der Waals surface area contributed by atoms with E-state index in [9.17, 15) is 9.59 Å². The highest BCUT2D eigenvalue weighted by Crippen LogP contribution is 2.24. The smallest absolute Gasteiger partial charge is 0.265 e. The predicted octanol–water partition coefficient (Wildman–Crippen LogP) is 2.82. The summed E-state index contributed by atoms with van der Waals surface area (Å²) in [7, 11) is 0. The SMILES string of the molecule is NC(=O)c1cnc2c(c1)sc1nccccccccnccncncccc(C(N)=O)n12. The summed E-state index contributed by atoms with van der Waals surface area (Å²) in [5.74, 6) is -1.31. The Balaban J connectivity index is 2.35. The van der Waals surface area contributed by atoms with Crippen molar-refractivity contribution in [3.8, 4) is 0 Å². The van der Waals surface area contributed by atoms with Crippen LogP contribution in [0.25, 0.3) is 15.3 Å². The van der Waals surface area contributed by atoms with Crippen LogP contribution in [0.2, 0.25) is 0 Å². The number of carbonyl (C=O) groups is 2. The van der Waals surface area contributed by atoms with Gasteiger partial charge < -0.3 is 11.5 Å². The van der Waals surface area contributed by atoms with E-state index in [1.54, 1.807) is 36.7 Å². The zero-order chi connectivity index (χ0) is 24.2. The Morgan fingerprint density at radius 2 is 1.44 bits per heavy atom. The average molecular weight is 473 g/mol. The third-order valence-corrected chi connectivity index (χ3v) is 5.00. The Kier molecular flexibility index (Phi) is 8.65. The van der Waals surface area contributed by atoms with Crippen LogP contribution in [-0.2, 0) is 0 Å². The molecule has 3 heterocycles. The Morgan fingerprint density at radius 3 is 2.21 bits per heavy atom. The number of hydrogen-bond donors (Lipinski definition) is 2. The lowest BCUT2D eigenvalue weighted by Gasteiger charge is -1.99. The molecular weight excluding hydrogens is 452 g/mol. The monoisotopic (exact) mass is 472 g/mol. The van der Waals surface area contributed by atoms with Gasteiger partial charge in [-0.2, -0.15) is 0 Å². The first-order chi connectivity index (χ1) is 16.6. The van der Waals surface area contributed by atoms with E-state index in [0.29, 0.717) is 15.3 Å². The fourth-order valence-corrected chi connectivity index (χ4v) is 3.56. The maximum Gasteiger partial charge on any atom is 0.265 e. The van der Waals surface area contributed by atoms with Crippen LogP contribution in [0, 0.1) is 0 Å². The van der Waals surface area contributed by atoms with Crippen LogP contribution in [0.1, 0.15) is 20.8 Å². The second kappa shape index (κ2) is 12.3. The molecule has 0 atom stereocenters. The fraction of sp³-hybridized carbons (Fsp3) is 0. The molecule has 3 aromatic heterocycles. The van der Waals surface area contributed by atoms with Gasteiger partial charge in [0.2, 0.25) is 5.91 Å². The molecule has 0 aliphatic carbocycles. The number of rotatable bonds is 2. The van der Waals surface area contributed by atoms with Gasteiger partial charge in [-0.05, 0) is 30.3 Å². The Labute approximate surface area is 198 Å². The van der Waals surface area contributed by atoms with Gasteiger partial charge in [-0.1, -0.05) is 35.6 Å². The zero-order valence-electron chi connectivity index (χ0n) is 17.8. The molecule has 0 unspecified atom stereocenters. The number of amides is 2. The second-order valence-corrected chi connectivity index (χ2v) is 7.34. The van der Waals surface area contributed by atoms with Gasteiger partial charge in [0.05, 0.1) is 10.3 Å². The van der Waals surface area contributed by atoms with Gasteiger partial charge in [0, 0.05) is 37.2 Å². The van der Waals surface area contributed by atoms with Crippen LogP contribution in [0.5, 0.6) is 0 Å². The summed E-state index contributed by atoms with van der Waals surface area (Å²) in [6, 6.07) is 15.4. The van der Waals surface area contributed by atoms with Gasteiger partial charge in [0.15, 0.2) is 10.6 Å². The maximum absolute atomic E-state index is 12.3. The minimum absolute atomic E-state index is 0.107. The van der Waals surface area contributed by atoms with Crippen molar-refractivity contribution in [1.29, 1.82) is 0 Å². The lowest BCUT2D eigenvalue weighted by atomic mass is 10.3. The summed E-state index contributed by atoms with van der Waals surface area (Å²) in [5, 5.41) is 0. The van der Waals surface area contributed by atoms with Crippen LogP contribution in [0.4, 0.5) is 0 Å². The van der Waals surface area contributed by atoms with E-state index in [2.05, 4.69) is 24.9 Å². The predicted molar refractivity (Wildman–Crippen MR) is 129 cm³/mol. The van der Waals surface area contributed by atoms with E-state index < -0.39 is 11.8 Å². The van der Waals surface area contributed by atoms with Crippen LogP contribution in [0.15, 0.2) is 98.1 Å². The molecule has 2 amide bonds. The molecule has 3 aromatic rings. The Morgan fingerprint density at radius 1 is 0.765 bits per heavy atom. The van der Waals surface area contributed by atoms with Crippen molar-refractivity contribution >= 4 is 38.5 Å². The van der Waals surface area contributed by atoms with Crippen LogP contribution < -0.4 is 11.5 Å². The number of thiazole rings is 1. The van der Waals surface area contributed by atoms with Crippen LogP contribution >= 0.6 is 11.3 Å². The van der Waals surface area contributed by atoms with Crippen molar-refractivity contribution < 1.29 is 9.59 Å². The number of carbonyl (C=O) groups excluding carboxylic acids is 2. The fourth-order valence-electron chi connectivity index (χ4n) is 2.56. The summed E-state index contributed by atoms with van der Waals surface area (Å²) >= 11 is 1.23. The van der Waals surface area contributed by atoms with Gasteiger partial charge in [-0.3, -0.25) is 19.0 Å². The maximum atomic E-state index is 12.3. The standard InChI is InChI=1S/C23H20N8O2S/c24-20(32)17-14-19-22(30-15-17)31-18(21(25)33)8-7-10-27-16-28-13-12-26-9-5-3-1-2-4-6-11-29-23(31)34-19/h1-16H,(H2,24,32)(H2,25,33). The highest BCUT2D eigenvalue weighted by molar-refractivity contribution is 7.23. The molecule has 0 spiro atoms.